The third-order valence-corrected chi connectivity index (χ3v) is 1.94. The number of hydrogen-bond donors (Lipinski definition) is 0. The molecule has 1 atom stereocenters. The summed E-state index contributed by atoms with van der Waals surface area (Å²) < 4.78 is 20.3. The van der Waals surface area contributed by atoms with E-state index in [9.17, 15) is 8.76 Å². The Balaban J connectivity index is -0.000000151. The minimum absolute atomic E-state index is 0. The Kier molecular flexibility index (Phi) is 20.9. The van der Waals surface area contributed by atoms with Gasteiger partial charge in [0.05, 0.1) is 0 Å². The van der Waals surface area contributed by atoms with Crippen molar-refractivity contribution >= 4 is 19.5 Å². The fraction of sp³-hybridized carbons (Fsp3) is 0.250. The summed E-state index contributed by atoms with van der Waals surface area (Å²) in [6, 6.07) is 9.57. The summed E-state index contributed by atoms with van der Waals surface area (Å²) in [6.07, 6.45) is 0.608. The quantitative estimate of drug-likeness (QED) is 0.588. The monoisotopic (exact) mass is 240 g/mol. The van der Waals surface area contributed by atoms with Crippen molar-refractivity contribution in [2.24, 2.45) is 0 Å². The van der Waals surface area contributed by atoms with Crippen LogP contribution in [0.3, 0.4) is 0 Å². The van der Waals surface area contributed by atoms with Crippen molar-refractivity contribution in [1.82, 2.24) is 0 Å². The average Bonchev–Trinajstić information content (AvgIpc) is 2.03. The molecule has 0 aromatic heterocycles. The molecule has 0 aliphatic heterocycles. The summed E-state index contributed by atoms with van der Waals surface area (Å²) in [5.74, 6) is 0.212. The zero-order valence-corrected chi connectivity index (χ0v) is 8.64. The molecular weight excluding hydrogens is 228 g/mol. The second-order valence-corrected chi connectivity index (χ2v) is 3.26. The van der Waals surface area contributed by atoms with Crippen LogP contribution in [0.1, 0.15) is 5.56 Å². The zero-order chi connectivity index (χ0) is 8.10. The van der Waals surface area contributed by atoms with Crippen molar-refractivity contribution in [3.05, 3.63) is 35.9 Å². The normalized spacial score (nSPS) is 9.40. The number of rotatable bonds is 3. The van der Waals surface area contributed by atoms with Gasteiger partial charge in [0, 0.05) is 14.2 Å². The van der Waals surface area contributed by atoms with Crippen LogP contribution in [0.2, 0.25) is 0 Å². The predicted octanol–water partition coefficient (Wildman–Crippen LogP) is 1.18. The highest BCUT2D eigenvalue weighted by atomic mass is 32.2. The molecule has 0 N–H and O–H groups in total. The second-order valence-electron chi connectivity index (χ2n) is 2.24. The molecule has 15 heavy (non-hydrogen) atoms. The van der Waals surface area contributed by atoms with E-state index in [1.165, 1.54) is 0 Å². The highest BCUT2D eigenvalue weighted by molar-refractivity contribution is 7.79. The van der Waals surface area contributed by atoms with Crippen LogP contribution in [0.4, 0.5) is 14.1 Å². The first kappa shape index (κ1) is 23.8. The second kappa shape index (κ2) is 13.2. The van der Waals surface area contributed by atoms with Gasteiger partial charge in [0.25, 0.3) is 0 Å². The molecule has 1 unspecified atom stereocenters. The van der Waals surface area contributed by atoms with Gasteiger partial charge in [0.15, 0.2) is 0 Å². The van der Waals surface area contributed by atoms with Crippen molar-refractivity contribution in [3.63, 3.8) is 0 Å². The maximum atomic E-state index is 10.2. The van der Waals surface area contributed by atoms with Crippen LogP contribution in [0.5, 0.6) is 0 Å². The van der Waals surface area contributed by atoms with Gasteiger partial charge in [0.1, 0.15) is 0 Å². The maximum absolute atomic E-state index is 10.2. The Morgan fingerprint density at radius 3 is 1.93 bits per heavy atom. The van der Waals surface area contributed by atoms with E-state index < -0.39 is 11.1 Å². The molecule has 0 heterocycles. The lowest BCUT2D eigenvalue weighted by Gasteiger charge is -2.03. The number of hydrogen-bond acceptors (Lipinski definition) is 2. The Labute approximate surface area is 91.0 Å². The molecule has 0 spiro atoms. The van der Waals surface area contributed by atoms with Crippen LogP contribution in [0, 0.1) is 0 Å². The van der Waals surface area contributed by atoms with Crippen LogP contribution >= 0.6 is 0 Å². The zero-order valence-electron chi connectivity index (χ0n) is 7.83. The van der Waals surface area contributed by atoms with Gasteiger partial charge in [0.2, 0.25) is 0 Å². The lowest BCUT2D eigenvalue weighted by molar-refractivity contribution is 0.536. The first-order valence-corrected chi connectivity index (χ1v) is 4.63. The van der Waals surface area contributed by atoms with E-state index in [-0.39, 0.29) is 28.3 Å². The standard InChI is InChI=1S/C8H10O2S.B.3FH/c9-11(10)7-6-8-4-2-1-3-5-8;;;;/h1-5H,6-7H2,(H,9,10);;3*1H/p-1. The maximum Gasteiger partial charge on any atom is 0.0142 e. The van der Waals surface area contributed by atoms with Gasteiger partial charge in [-0.3, -0.25) is 18.3 Å². The number of benzene rings is 1. The Bertz CT molecular complexity index is 249. The van der Waals surface area contributed by atoms with E-state index in [4.69, 9.17) is 0 Å². The van der Waals surface area contributed by atoms with Gasteiger partial charge >= 0.3 is 0 Å². The van der Waals surface area contributed by atoms with Crippen LogP contribution < -0.4 is 0 Å². The minimum atomic E-state index is -1.92. The van der Waals surface area contributed by atoms with Gasteiger partial charge in [-0.1, -0.05) is 41.4 Å². The molecule has 1 aromatic rings. The van der Waals surface area contributed by atoms with Crippen molar-refractivity contribution in [2.75, 3.05) is 5.75 Å². The molecule has 2 nitrogen and oxygen atoms in total. The van der Waals surface area contributed by atoms with Crippen molar-refractivity contribution < 1.29 is 22.9 Å². The molecule has 1 rings (SSSR count). The summed E-state index contributed by atoms with van der Waals surface area (Å²) >= 11 is -1.92. The molecule has 0 amide bonds. The van der Waals surface area contributed by atoms with E-state index in [0.717, 1.165) is 5.56 Å². The first-order chi connectivity index (χ1) is 5.29. The van der Waals surface area contributed by atoms with Crippen LogP contribution in [0.15, 0.2) is 30.3 Å². The van der Waals surface area contributed by atoms with Gasteiger partial charge in [-0.2, -0.15) is 0 Å². The molecule has 0 aliphatic carbocycles. The van der Waals surface area contributed by atoms with Crippen molar-refractivity contribution in [3.8, 4) is 0 Å². The Morgan fingerprint density at radius 2 is 1.53 bits per heavy atom. The number of aryl methyl sites for hydroxylation is 1. The van der Waals surface area contributed by atoms with E-state index in [1.54, 1.807) is 0 Å². The third kappa shape index (κ3) is 11.1. The summed E-state index contributed by atoms with van der Waals surface area (Å²) in [6.45, 7) is 0. The highest BCUT2D eigenvalue weighted by Crippen LogP contribution is 1.99. The molecule has 0 bridgehead atoms. The van der Waals surface area contributed by atoms with E-state index in [1.807, 2.05) is 30.3 Å². The summed E-state index contributed by atoms with van der Waals surface area (Å²) in [5.41, 5.74) is 1.07. The van der Waals surface area contributed by atoms with E-state index >= 15 is 0 Å². The molecule has 0 aliphatic rings. The minimum Gasteiger partial charge on any atom is -0.772 e. The molecule has 0 saturated heterocycles. The summed E-state index contributed by atoms with van der Waals surface area (Å²) in [4.78, 5) is 0. The molecule has 0 saturated carbocycles. The lowest BCUT2D eigenvalue weighted by atomic mass is 10.2. The first-order valence-electron chi connectivity index (χ1n) is 3.39. The topological polar surface area (TPSA) is 40.1 Å². The van der Waals surface area contributed by atoms with Crippen LogP contribution in [-0.4, -0.2) is 22.9 Å². The van der Waals surface area contributed by atoms with Crippen LogP contribution in [-0.2, 0) is 17.5 Å². The van der Waals surface area contributed by atoms with E-state index in [0.29, 0.717) is 6.42 Å². The SMILES string of the molecule is F.F.F.O=S([O-])CCc1ccccc1.[B]. The van der Waals surface area contributed by atoms with Gasteiger partial charge in [-0.05, 0) is 12.0 Å². The highest BCUT2D eigenvalue weighted by Gasteiger charge is 1.89. The number of halogens is 3. The smallest absolute Gasteiger partial charge is 0.0142 e. The van der Waals surface area contributed by atoms with Gasteiger partial charge in [-0.25, -0.2) is 0 Å². The fourth-order valence-corrected chi connectivity index (χ4v) is 1.25. The van der Waals surface area contributed by atoms with Crippen molar-refractivity contribution in [2.45, 2.75) is 6.42 Å². The van der Waals surface area contributed by atoms with Crippen molar-refractivity contribution in [1.29, 1.82) is 0 Å². The van der Waals surface area contributed by atoms with Gasteiger partial charge in [-0.15, -0.1) is 0 Å². The van der Waals surface area contributed by atoms with Gasteiger partial charge < -0.3 is 4.55 Å². The molecule has 0 fully saturated rings. The molecule has 3 radical (unpaired) electrons. The largest absolute Gasteiger partial charge is 0.772 e. The molecule has 87 valence electrons. The van der Waals surface area contributed by atoms with Crippen LogP contribution in [0.25, 0.3) is 0 Å². The Morgan fingerprint density at radius 1 is 1.07 bits per heavy atom. The summed E-state index contributed by atoms with van der Waals surface area (Å²) in [5, 5.41) is 0. The summed E-state index contributed by atoms with van der Waals surface area (Å²) in [7, 11) is 0. The lowest BCUT2D eigenvalue weighted by Crippen LogP contribution is -1.98. The molecular formula is C8H12BF3O2S-. The third-order valence-electron chi connectivity index (χ3n) is 1.40. The molecule has 7 heteroatoms. The predicted molar refractivity (Wildman–Crippen MR) is 57.2 cm³/mol. The average molecular weight is 240 g/mol. The molecule has 1 aromatic carbocycles. The fourth-order valence-electron chi connectivity index (χ4n) is 0.846. The van der Waals surface area contributed by atoms with E-state index in [2.05, 4.69) is 0 Å². The Hall–Kier alpha value is -0.815.